The highest BCUT2D eigenvalue weighted by atomic mass is 35.5. The Balaban J connectivity index is 2.13. The molecular formula is C14H20ClNOS. The van der Waals surface area contributed by atoms with Gasteiger partial charge in [-0.25, -0.2) is 0 Å². The van der Waals surface area contributed by atoms with Crippen LogP contribution < -0.4 is 10.1 Å². The van der Waals surface area contributed by atoms with E-state index in [0.717, 1.165) is 17.2 Å². The van der Waals surface area contributed by atoms with Gasteiger partial charge < -0.3 is 10.1 Å². The van der Waals surface area contributed by atoms with E-state index in [1.54, 1.807) is 7.11 Å². The van der Waals surface area contributed by atoms with Crippen molar-refractivity contribution in [1.29, 1.82) is 0 Å². The molecule has 0 saturated carbocycles. The summed E-state index contributed by atoms with van der Waals surface area (Å²) in [5.74, 6) is 3.13. The smallest absolute Gasteiger partial charge is 0.139 e. The predicted octanol–water partition coefficient (Wildman–Crippen LogP) is 4.29. The molecule has 2 rings (SSSR count). The second-order valence-electron chi connectivity index (χ2n) is 5.36. The number of methoxy groups -OCH3 is 1. The minimum Gasteiger partial charge on any atom is -0.495 e. The fourth-order valence-corrected chi connectivity index (χ4v) is 3.93. The Kier molecular flexibility index (Phi) is 4.33. The van der Waals surface area contributed by atoms with Gasteiger partial charge in [-0.3, -0.25) is 0 Å². The van der Waals surface area contributed by atoms with Crippen molar-refractivity contribution in [3.8, 4) is 5.75 Å². The molecule has 1 aliphatic heterocycles. The zero-order chi connectivity index (χ0) is 13.2. The molecule has 0 bridgehead atoms. The molecule has 1 heterocycles. The van der Waals surface area contributed by atoms with Crippen molar-refractivity contribution in [3.05, 3.63) is 23.2 Å². The minimum atomic E-state index is 0.331. The number of halogens is 1. The third-order valence-corrected chi connectivity index (χ3v) is 4.98. The van der Waals surface area contributed by atoms with Crippen LogP contribution in [0.1, 0.15) is 20.3 Å². The molecule has 18 heavy (non-hydrogen) atoms. The Morgan fingerprint density at radius 1 is 1.44 bits per heavy atom. The van der Waals surface area contributed by atoms with Crippen LogP contribution in [0.3, 0.4) is 0 Å². The van der Waals surface area contributed by atoms with Crippen LogP contribution in [0.2, 0.25) is 5.02 Å². The Hall–Kier alpha value is -0.540. The largest absolute Gasteiger partial charge is 0.495 e. The molecule has 1 atom stereocenters. The van der Waals surface area contributed by atoms with Crippen molar-refractivity contribution in [2.24, 2.45) is 5.41 Å². The number of benzene rings is 1. The lowest BCUT2D eigenvalue weighted by atomic mass is 9.82. The summed E-state index contributed by atoms with van der Waals surface area (Å²) in [6.45, 7) is 4.66. The number of rotatable bonds is 3. The van der Waals surface area contributed by atoms with Crippen LogP contribution >= 0.6 is 23.4 Å². The van der Waals surface area contributed by atoms with E-state index in [4.69, 9.17) is 16.3 Å². The minimum absolute atomic E-state index is 0.331. The summed E-state index contributed by atoms with van der Waals surface area (Å²) in [6.07, 6.45) is 1.25. The standard InChI is InChI=1S/C14H20ClNOS/c1-14(2)6-7-18-9-13(14)16-10-4-5-11(15)12(8-10)17-3/h4-5,8,13,16H,6-7,9H2,1-3H3. The molecule has 1 unspecified atom stereocenters. The van der Waals surface area contributed by atoms with E-state index in [0.29, 0.717) is 16.5 Å². The Morgan fingerprint density at radius 2 is 2.22 bits per heavy atom. The normalized spacial score (nSPS) is 22.6. The van der Waals surface area contributed by atoms with E-state index in [1.165, 1.54) is 12.2 Å². The number of ether oxygens (including phenoxy) is 1. The maximum atomic E-state index is 6.04. The van der Waals surface area contributed by atoms with Crippen LogP contribution in [0.25, 0.3) is 0 Å². The summed E-state index contributed by atoms with van der Waals surface area (Å²) in [5.41, 5.74) is 1.41. The summed E-state index contributed by atoms with van der Waals surface area (Å²) in [5, 5.41) is 4.27. The van der Waals surface area contributed by atoms with Gasteiger partial charge in [-0.2, -0.15) is 11.8 Å². The van der Waals surface area contributed by atoms with Crippen molar-refractivity contribution in [1.82, 2.24) is 0 Å². The van der Waals surface area contributed by atoms with Gasteiger partial charge in [-0.1, -0.05) is 25.4 Å². The van der Waals surface area contributed by atoms with Gasteiger partial charge in [0.1, 0.15) is 5.75 Å². The van der Waals surface area contributed by atoms with Gasteiger partial charge in [0.2, 0.25) is 0 Å². The van der Waals surface area contributed by atoms with Crippen LogP contribution in [-0.2, 0) is 0 Å². The summed E-state index contributed by atoms with van der Waals surface area (Å²) >= 11 is 8.06. The molecular weight excluding hydrogens is 266 g/mol. The molecule has 1 fully saturated rings. The fraction of sp³-hybridized carbons (Fsp3) is 0.571. The average Bonchev–Trinajstić information content (AvgIpc) is 2.34. The lowest BCUT2D eigenvalue weighted by Gasteiger charge is -2.39. The van der Waals surface area contributed by atoms with Gasteiger partial charge in [0.05, 0.1) is 12.1 Å². The van der Waals surface area contributed by atoms with Crippen LogP contribution in [0.4, 0.5) is 5.69 Å². The highest BCUT2D eigenvalue weighted by Crippen LogP contribution is 2.37. The molecule has 1 aromatic carbocycles. The molecule has 4 heteroatoms. The van der Waals surface area contributed by atoms with E-state index >= 15 is 0 Å². The van der Waals surface area contributed by atoms with Crippen LogP contribution in [0.5, 0.6) is 5.75 Å². The second kappa shape index (κ2) is 5.62. The SMILES string of the molecule is COc1cc(NC2CSCCC2(C)C)ccc1Cl. The molecule has 0 aromatic heterocycles. The number of hydrogen-bond donors (Lipinski definition) is 1. The molecule has 0 amide bonds. The van der Waals surface area contributed by atoms with Crippen LogP contribution in [0.15, 0.2) is 18.2 Å². The zero-order valence-electron chi connectivity index (χ0n) is 11.1. The van der Waals surface area contributed by atoms with Gasteiger partial charge in [-0.15, -0.1) is 0 Å². The summed E-state index contributed by atoms with van der Waals surface area (Å²) in [7, 11) is 1.64. The third-order valence-electron chi connectivity index (χ3n) is 3.61. The maximum absolute atomic E-state index is 6.04. The summed E-state index contributed by atoms with van der Waals surface area (Å²) < 4.78 is 5.25. The van der Waals surface area contributed by atoms with Gasteiger partial charge >= 0.3 is 0 Å². The van der Waals surface area contributed by atoms with E-state index in [2.05, 4.69) is 19.2 Å². The Labute approximate surface area is 118 Å². The highest BCUT2D eigenvalue weighted by Gasteiger charge is 2.32. The maximum Gasteiger partial charge on any atom is 0.139 e. The molecule has 1 N–H and O–H groups in total. The van der Waals surface area contributed by atoms with Gasteiger partial charge in [0, 0.05) is 23.5 Å². The second-order valence-corrected chi connectivity index (χ2v) is 6.92. The Bertz CT molecular complexity index is 422. The molecule has 0 radical (unpaired) electrons. The van der Waals surface area contributed by atoms with Crippen molar-refractivity contribution >= 4 is 29.1 Å². The fourth-order valence-electron chi connectivity index (χ4n) is 2.12. The molecule has 0 aliphatic carbocycles. The zero-order valence-corrected chi connectivity index (χ0v) is 12.7. The van der Waals surface area contributed by atoms with Gasteiger partial charge in [-0.05, 0) is 29.7 Å². The van der Waals surface area contributed by atoms with Crippen molar-refractivity contribution in [3.63, 3.8) is 0 Å². The first-order valence-corrected chi connectivity index (χ1v) is 7.74. The first-order valence-electron chi connectivity index (χ1n) is 6.21. The van der Waals surface area contributed by atoms with Crippen molar-refractivity contribution in [2.75, 3.05) is 23.9 Å². The van der Waals surface area contributed by atoms with Crippen LogP contribution in [0, 0.1) is 5.41 Å². The van der Waals surface area contributed by atoms with Gasteiger partial charge in [0.15, 0.2) is 0 Å². The molecule has 1 saturated heterocycles. The molecule has 0 spiro atoms. The predicted molar refractivity (Wildman–Crippen MR) is 81.1 cm³/mol. The third kappa shape index (κ3) is 3.07. The number of anilines is 1. The first kappa shape index (κ1) is 13.9. The van der Waals surface area contributed by atoms with Gasteiger partial charge in [0.25, 0.3) is 0 Å². The number of thioether (sulfide) groups is 1. The molecule has 1 aliphatic rings. The summed E-state index contributed by atoms with van der Waals surface area (Å²) in [4.78, 5) is 0. The van der Waals surface area contributed by atoms with E-state index in [1.807, 2.05) is 30.0 Å². The Morgan fingerprint density at radius 3 is 2.89 bits per heavy atom. The average molecular weight is 286 g/mol. The number of nitrogens with one attached hydrogen (secondary N) is 1. The number of hydrogen-bond acceptors (Lipinski definition) is 3. The lowest BCUT2D eigenvalue weighted by molar-refractivity contribution is 0.305. The topological polar surface area (TPSA) is 21.3 Å². The monoisotopic (exact) mass is 285 g/mol. The molecule has 2 nitrogen and oxygen atoms in total. The van der Waals surface area contributed by atoms with E-state index in [-0.39, 0.29) is 0 Å². The van der Waals surface area contributed by atoms with Crippen molar-refractivity contribution in [2.45, 2.75) is 26.3 Å². The summed E-state index contributed by atoms with van der Waals surface area (Å²) in [6, 6.07) is 6.35. The van der Waals surface area contributed by atoms with Crippen molar-refractivity contribution < 1.29 is 4.74 Å². The van der Waals surface area contributed by atoms with E-state index in [9.17, 15) is 0 Å². The quantitative estimate of drug-likeness (QED) is 0.895. The molecule has 100 valence electrons. The highest BCUT2D eigenvalue weighted by molar-refractivity contribution is 7.99. The lowest BCUT2D eigenvalue weighted by Crippen LogP contribution is -2.41. The molecule has 1 aromatic rings. The van der Waals surface area contributed by atoms with Crippen LogP contribution in [-0.4, -0.2) is 24.7 Å². The first-order chi connectivity index (χ1) is 8.53. The van der Waals surface area contributed by atoms with E-state index < -0.39 is 0 Å².